The highest BCUT2D eigenvalue weighted by Crippen LogP contribution is 2.24. The molecule has 6 nitrogen and oxygen atoms in total. The Balaban J connectivity index is 1.47. The van der Waals surface area contributed by atoms with Gasteiger partial charge in [-0.2, -0.15) is 0 Å². The highest BCUT2D eigenvalue weighted by molar-refractivity contribution is 9.10. The summed E-state index contributed by atoms with van der Waals surface area (Å²) in [4.78, 5) is 2.48. The Morgan fingerprint density at radius 2 is 1.52 bits per heavy atom. The van der Waals surface area contributed by atoms with Gasteiger partial charge in [0.05, 0.1) is 10.6 Å². The van der Waals surface area contributed by atoms with Crippen molar-refractivity contribution in [1.82, 2.24) is 10.2 Å². The van der Waals surface area contributed by atoms with E-state index in [1.54, 1.807) is 36.4 Å². The molecule has 29 heavy (non-hydrogen) atoms. The van der Waals surface area contributed by atoms with E-state index >= 15 is 0 Å². The number of piperidine rings is 1. The molecule has 0 radical (unpaired) electrons. The average Bonchev–Trinajstić information content (AvgIpc) is 2.75. The van der Waals surface area contributed by atoms with E-state index in [-0.39, 0.29) is 4.90 Å². The molecule has 0 atom stereocenters. The summed E-state index contributed by atoms with van der Waals surface area (Å²) in [5.74, 6) is 0.910. The van der Waals surface area contributed by atoms with Crippen molar-refractivity contribution in [3.8, 4) is 11.3 Å². The molecule has 3 aromatic rings. The van der Waals surface area contributed by atoms with E-state index in [2.05, 4.69) is 35.7 Å². The van der Waals surface area contributed by atoms with Crippen molar-refractivity contribution < 1.29 is 8.42 Å². The monoisotopic (exact) mass is 472 g/mol. The van der Waals surface area contributed by atoms with E-state index < -0.39 is 10.0 Å². The number of sulfonamides is 1. The van der Waals surface area contributed by atoms with Crippen LogP contribution in [0.1, 0.15) is 19.3 Å². The van der Waals surface area contributed by atoms with Gasteiger partial charge in [0.25, 0.3) is 10.0 Å². The topological polar surface area (TPSA) is 75.2 Å². The molecule has 2 heterocycles. The van der Waals surface area contributed by atoms with Crippen LogP contribution in [0.15, 0.2) is 70.0 Å². The fourth-order valence-electron chi connectivity index (χ4n) is 3.31. The van der Waals surface area contributed by atoms with Gasteiger partial charge in [0, 0.05) is 28.8 Å². The van der Waals surface area contributed by atoms with Crippen LogP contribution >= 0.6 is 15.9 Å². The van der Waals surface area contributed by atoms with Gasteiger partial charge in [0.1, 0.15) is 0 Å². The lowest BCUT2D eigenvalue weighted by atomic mass is 10.1. The van der Waals surface area contributed by atoms with Crippen molar-refractivity contribution in [3.05, 3.63) is 65.1 Å². The molecular weight excluding hydrogens is 452 g/mol. The lowest BCUT2D eigenvalue weighted by Crippen LogP contribution is -2.30. The van der Waals surface area contributed by atoms with Crippen LogP contribution in [-0.2, 0) is 10.0 Å². The Bertz CT molecular complexity index is 1060. The summed E-state index contributed by atoms with van der Waals surface area (Å²) in [6, 6.07) is 17.6. The minimum absolute atomic E-state index is 0.212. The second kappa shape index (κ2) is 8.51. The second-order valence-corrected chi connectivity index (χ2v) is 9.56. The Morgan fingerprint density at radius 3 is 2.14 bits per heavy atom. The molecule has 0 amide bonds. The molecule has 1 N–H and O–H groups in total. The summed E-state index contributed by atoms with van der Waals surface area (Å²) < 4.78 is 28.4. The van der Waals surface area contributed by atoms with Crippen LogP contribution < -0.4 is 9.62 Å². The zero-order valence-corrected chi connectivity index (χ0v) is 18.2. The van der Waals surface area contributed by atoms with Crippen LogP contribution in [0, 0.1) is 0 Å². The number of anilines is 2. The van der Waals surface area contributed by atoms with Crippen LogP contribution in [0.5, 0.6) is 0 Å². The predicted octanol–water partition coefficient (Wildman–Crippen LogP) is 4.70. The minimum atomic E-state index is -3.63. The van der Waals surface area contributed by atoms with Gasteiger partial charge < -0.3 is 4.90 Å². The molecular formula is C21H21BrN4O2S. The van der Waals surface area contributed by atoms with Crippen molar-refractivity contribution in [2.75, 3.05) is 22.7 Å². The van der Waals surface area contributed by atoms with Crippen LogP contribution in [0.3, 0.4) is 0 Å². The second-order valence-electron chi connectivity index (χ2n) is 6.96. The number of nitrogens with one attached hydrogen (secondary N) is 1. The van der Waals surface area contributed by atoms with Gasteiger partial charge in [-0.3, -0.25) is 4.72 Å². The molecule has 1 fully saturated rings. The molecule has 0 aliphatic carbocycles. The molecule has 0 saturated carbocycles. The van der Waals surface area contributed by atoms with Crippen LogP contribution in [-0.4, -0.2) is 31.7 Å². The van der Waals surface area contributed by atoms with E-state index in [0.717, 1.165) is 34.6 Å². The first-order valence-corrected chi connectivity index (χ1v) is 11.8. The first-order valence-electron chi connectivity index (χ1n) is 9.49. The van der Waals surface area contributed by atoms with E-state index in [1.165, 1.54) is 19.3 Å². The SMILES string of the molecule is O=S(=O)(Nc1ccc(-c2ccc(N3CCCCC3)nn2)cc1)c1ccc(Br)cc1. The van der Waals surface area contributed by atoms with Crippen molar-refractivity contribution in [2.24, 2.45) is 0 Å². The van der Waals surface area contributed by atoms with Gasteiger partial charge in [-0.25, -0.2) is 8.42 Å². The summed E-state index contributed by atoms with van der Waals surface area (Å²) >= 11 is 3.31. The minimum Gasteiger partial charge on any atom is -0.355 e. The van der Waals surface area contributed by atoms with Crippen LogP contribution in [0.25, 0.3) is 11.3 Å². The molecule has 1 aromatic heterocycles. The number of hydrogen-bond acceptors (Lipinski definition) is 5. The number of aromatic nitrogens is 2. The number of benzene rings is 2. The van der Waals surface area contributed by atoms with Gasteiger partial charge in [0.2, 0.25) is 0 Å². The molecule has 4 rings (SSSR count). The summed E-state index contributed by atoms with van der Waals surface area (Å²) in [6.07, 6.45) is 3.67. The van der Waals surface area contributed by atoms with E-state index in [0.29, 0.717) is 5.69 Å². The smallest absolute Gasteiger partial charge is 0.261 e. The van der Waals surface area contributed by atoms with E-state index in [4.69, 9.17) is 0 Å². The maximum absolute atomic E-state index is 12.5. The zero-order valence-electron chi connectivity index (χ0n) is 15.8. The van der Waals surface area contributed by atoms with Gasteiger partial charge in [-0.05, 0) is 67.8 Å². The number of rotatable bonds is 5. The lowest BCUT2D eigenvalue weighted by Gasteiger charge is -2.27. The summed E-state index contributed by atoms with van der Waals surface area (Å²) in [7, 11) is -3.63. The molecule has 1 aliphatic rings. The van der Waals surface area contributed by atoms with Gasteiger partial charge in [0.15, 0.2) is 5.82 Å². The first-order chi connectivity index (χ1) is 14.0. The maximum atomic E-state index is 12.5. The largest absolute Gasteiger partial charge is 0.355 e. The first kappa shape index (κ1) is 19.8. The molecule has 1 saturated heterocycles. The van der Waals surface area contributed by atoms with Gasteiger partial charge in [-0.1, -0.05) is 28.1 Å². The van der Waals surface area contributed by atoms with Crippen molar-refractivity contribution in [1.29, 1.82) is 0 Å². The average molecular weight is 473 g/mol. The van der Waals surface area contributed by atoms with Crippen LogP contribution in [0.4, 0.5) is 11.5 Å². The fourth-order valence-corrected chi connectivity index (χ4v) is 4.63. The van der Waals surface area contributed by atoms with Crippen LogP contribution in [0.2, 0.25) is 0 Å². The Labute approximate surface area is 179 Å². The van der Waals surface area contributed by atoms with Crippen molar-refractivity contribution in [3.63, 3.8) is 0 Å². The molecule has 2 aromatic carbocycles. The molecule has 0 spiro atoms. The number of hydrogen-bond donors (Lipinski definition) is 1. The molecule has 150 valence electrons. The third-order valence-corrected chi connectivity index (χ3v) is 6.81. The molecule has 0 bridgehead atoms. The lowest BCUT2D eigenvalue weighted by molar-refractivity contribution is 0.571. The predicted molar refractivity (Wildman–Crippen MR) is 118 cm³/mol. The van der Waals surface area contributed by atoms with Gasteiger partial charge in [-0.15, -0.1) is 10.2 Å². The Kier molecular flexibility index (Phi) is 5.82. The number of halogens is 1. The Morgan fingerprint density at radius 1 is 0.828 bits per heavy atom. The van der Waals surface area contributed by atoms with E-state index in [9.17, 15) is 8.42 Å². The molecule has 8 heteroatoms. The summed E-state index contributed by atoms with van der Waals surface area (Å²) in [5, 5.41) is 8.72. The highest BCUT2D eigenvalue weighted by atomic mass is 79.9. The normalized spacial score (nSPS) is 14.6. The maximum Gasteiger partial charge on any atom is 0.261 e. The van der Waals surface area contributed by atoms with Crippen molar-refractivity contribution in [2.45, 2.75) is 24.2 Å². The standard InChI is InChI=1S/C21H21BrN4O2S/c22-17-6-10-19(11-7-17)29(27,28)25-18-8-4-16(5-9-18)20-12-13-21(24-23-20)26-14-2-1-3-15-26/h4-13,25H,1-3,14-15H2. The highest BCUT2D eigenvalue weighted by Gasteiger charge is 2.15. The third kappa shape index (κ3) is 4.76. The zero-order chi connectivity index (χ0) is 20.3. The molecule has 1 aliphatic heterocycles. The van der Waals surface area contributed by atoms with Gasteiger partial charge >= 0.3 is 0 Å². The summed E-state index contributed by atoms with van der Waals surface area (Å²) in [6.45, 7) is 2.06. The summed E-state index contributed by atoms with van der Waals surface area (Å²) in [5.41, 5.74) is 2.14. The third-order valence-electron chi connectivity index (χ3n) is 4.89. The Hall–Kier alpha value is -2.45. The fraction of sp³-hybridized carbons (Fsp3) is 0.238. The van der Waals surface area contributed by atoms with E-state index in [1.807, 2.05) is 24.3 Å². The number of nitrogens with zero attached hydrogens (tertiary/aromatic N) is 3. The van der Waals surface area contributed by atoms with Crippen molar-refractivity contribution >= 4 is 37.5 Å². The molecule has 0 unspecified atom stereocenters. The quantitative estimate of drug-likeness (QED) is 0.582.